The normalized spacial score (nSPS) is 11.8. The minimum absolute atomic E-state index is 0.146. The zero-order chi connectivity index (χ0) is 16.6. The second kappa shape index (κ2) is 9.56. The molecule has 3 heteroatoms. The molecular weight excluding hydrogens is 262 g/mol. The molecule has 0 bridgehead atoms. The van der Waals surface area contributed by atoms with E-state index in [0.29, 0.717) is 12.8 Å². The molecule has 2 N–H and O–H groups in total. The summed E-state index contributed by atoms with van der Waals surface area (Å²) in [5.74, 6) is 0.523. The fraction of sp³-hybridized carbons (Fsp3) is 0.611. The van der Waals surface area contributed by atoms with Crippen LogP contribution in [0.25, 0.3) is 0 Å². The lowest BCUT2D eigenvalue weighted by Gasteiger charge is -2.22. The van der Waals surface area contributed by atoms with Gasteiger partial charge in [0.05, 0.1) is 6.04 Å². The van der Waals surface area contributed by atoms with E-state index in [9.17, 15) is 9.90 Å². The first-order valence-corrected chi connectivity index (χ1v) is 7.93. The van der Waals surface area contributed by atoms with Crippen LogP contribution in [0, 0.1) is 13.8 Å². The number of benzene rings is 1. The summed E-state index contributed by atoms with van der Waals surface area (Å²) in [7, 11) is 0. The molecule has 0 heterocycles. The number of nitrogens with one attached hydrogen (secondary N) is 1. The van der Waals surface area contributed by atoms with Crippen molar-refractivity contribution in [1.29, 1.82) is 0 Å². The highest BCUT2D eigenvalue weighted by Gasteiger charge is 2.20. The molecule has 21 heavy (non-hydrogen) atoms. The Morgan fingerprint density at radius 2 is 1.67 bits per heavy atom. The molecule has 0 amide bonds. The van der Waals surface area contributed by atoms with E-state index in [1.165, 1.54) is 0 Å². The predicted octanol–water partition coefficient (Wildman–Crippen LogP) is 3.92. The summed E-state index contributed by atoms with van der Waals surface area (Å²) in [5, 5.41) is 12.9. The zero-order valence-corrected chi connectivity index (χ0v) is 14.6. The smallest absolute Gasteiger partial charge is 0.149 e. The van der Waals surface area contributed by atoms with Gasteiger partial charge in [0.1, 0.15) is 11.5 Å². The topological polar surface area (TPSA) is 49.3 Å². The number of Topliss-reactive ketones (excluding diaryl/α,β-unsaturated/α-hetero) is 1. The van der Waals surface area contributed by atoms with Gasteiger partial charge in [0, 0.05) is 12.5 Å². The largest absolute Gasteiger partial charge is 0.508 e. The van der Waals surface area contributed by atoms with E-state index in [0.717, 1.165) is 16.7 Å². The molecule has 0 saturated carbocycles. The Kier molecular flexibility index (Phi) is 8.95. The van der Waals surface area contributed by atoms with Crippen molar-refractivity contribution in [2.45, 2.75) is 73.4 Å². The van der Waals surface area contributed by atoms with Gasteiger partial charge >= 0.3 is 0 Å². The fourth-order valence-corrected chi connectivity index (χ4v) is 2.41. The molecule has 1 rings (SSSR count). The molecule has 0 aromatic heterocycles. The van der Waals surface area contributed by atoms with Crippen LogP contribution in [-0.4, -0.2) is 23.0 Å². The van der Waals surface area contributed by atoms with Crippen molar-refractivity contribution in [2.24, 2.45) is 0 Å². The maximum atomic E-state index is 12.0. The second-order valence-electron chi connectivity index (χ2n) is 5.46. The first-order valence-electron chi connectivity index (χ1n) is 7.93. The summed E-state index contributed by atoms with van der Waals surface area (Å²) < 4.78 is 0. The van der Waals surface area contributed by atoms with Crippen LogP contribution in [0.4, 0.5) is 0 Å². The molecular formula is C18H31NO2. The highest BCUT2D eigenvalue weighted by atomic mass is 16.3. The van der Waals surface area contributed by atoms with Gasteiger partial charge in [-0.3, -0.25) is 4.79 Å². The lowest BCUT2D eigenvalue weighted by molar-refractivity contribution is -0.120. The summed E-state index contributed by atoms with van der Waals surface area (Å²) in [6, 6.07) is 3.64. The van der Waals surface area contributed by atoms with E-state index in [2.05, 4.69) is 5.32 Å². The highest BCUT2D eigenvalue weighted by Crippen LogP contribution is 2.22. The Bertz CT molecular complexity index is 430. The van der Waals surface area contributed by atoms with Gasteiger partial charge in [0.25, 0.3) is 0 Å². The third-order valence-electron chi connectivity index (χ3n) is 3.36. The summed E-state index contributed by atoms with van der Waals surface area (Å²) in [6.07, 6.45) is 1.23. The first kappa shape index (κ1) is 19.7. The van der Waals surface area contributed by atoms with Gasteiger partial charge in [0.2, 0.25) is 0 Å². The molecule has 0 aliphatic rings. The predicted molar refractivity (Wildman–Crippen MR) is 90.0 cm³/mol. The van der Waals surface area contributed by atoms with E-state index in [1.54, 1.807) is 12.1 Å². The molecule has 1 atom stereocenters. The number of aryl methyl sites for hydroxylation is 2. The van der Waals surface area contributed by atoms with E-state index in [1.807, 2.05) is 48.5 Å². The number of phenolic OH excluding ortho intramolecular Hbond substituents is 1. The van der Waals surface area contributed by atoms with E-state index < -0.39 is 0 Å². The van der Waals surface area contributed by atoms with Crippen molar-refractivity contribution >= 4 is 5.78 Å². The minimum Gasteiger partial charge on any atom is -0.508 e. The van der Waals surface area contributed by atoms with Crippen molar-refractivity contribution in [2.75, 3.05) is 0 Å². The van der Waals surface area contributed by atoms with Crippen molar-refractivity contribution in [3.05, 3.63) is 28.8 Å². The number of carbonyl (C=O) groups is 1. The Morgan fingerprint density at radius 1 is 1.19 bits per heavy atom. The number of ketones is 1. The average Bonchev–Trinajstić information content (AvgIpc) is 2.42. The van der Waals surface area contributed by atoms with Crippen LogP contribution in [0.2, 0.25) is 0 Å². The molecule has 1 aromatic rings. The first-order chi connectivity index (χ1) is 9.85. The lowest BCUT2D eigenvalue weighted by atomic mass is 9.93. The Morgan fingerprint density at radius 3 is 2.05 bits per heavy atom. The molecule has 0 aliphatic heterocycles. The van der Waals surface area contributed by atoms with Gasteiger partial charge < -0.3 is 10.4 Å². The fourth-order valence-electron chi connectivity index (χ4n) is 2.41. The minimum atomic E-state index is -0.146. The quantitative estimate of drug-likeness (QED) is 0.835. The number of hydrogen-bond donors (Lipinski definition) is 2. The maximum Gasteiger partial charge on any atom is 0.149 e. The number of hydrogen-bond acceptors (Lipinski definition) is 3. The molecule has 0 aliphatic carbocycles. The van der Waals surface area contributed by atoms with E-state index in [4.69, 9.17) is 0 Å². The molecule has 0 radical (unpaired) electrons. The van der Waals surface area contributed by atoms with Crippen LogP contribution in [0.3, 0.4) is 0 Å². The molecule has 0 saturated heterocycles. The highest BCUT2D eigenvalue weighted by molar-refractivity contribution is 5.84. The summed E-state index contributed by atoms with van der Waals surface area (Å²) >= 11 is 0. The number of phenols is 1. The van der Waals surface area contributed by atoms with E-state index >= 15 is 0 Å². The van der Waals surface area contributed by atoms with Crippen LogP contribution in [-0.2, 0) is 11.2 Å². The number of carbonyl (C=O) groups excluding carboxylic acids is 1. The Hall–Kier alpha value is -1.35. The number of rotatable bonds is 6. The SMILES string of the molecule is CC.CCC(=O)C(Cc1c(C)cc(O)cc1C)NC(C)C. The lowest BCUT2D eigenvalue weighted by Crippen LogP contribution is -2.42. The molecule has 120 valence electrons. The summed E-state index contributed by atoms with van der Waals surface area (Å²) in [5.41, 5.74) is 3.23. The molecule has 0 spiro atoms. The molecule has 3 nitrogen and oxygen atoms in total. The number of aromatic hydroxyl groups is 1. The standard InChI is InChI=1S/C16H25NO2.C2H6/c1-6-16(19)15(17-10(2)3)9-14-11(4)7-13(18)8-12(14)5;1-2/h7-8,10,15,17-18H,6,9H2,1-5H3;1-2H3. The molecule has 1 aromatic carbocycles. The van der Waals surface area contributed by atoms with Crippen molar-refractivity contribution < 1.29 is 9.90 Å². The van der Waals surface area contributed by atoms with Crippen LogP contribution in [0.15, 0.2) is 12.1 Å². The molecule has 1 unspecified atom stereocenters. The average molecular weight is 293 g/mol. The van der Waals surface area contributed by atoms with Crippen LogP contribution in [0.5, 0.6) is 5.75 Å². The summed E-state index contributed by atoms with van der Waals surface area (Å²) in [4.78, 5) is 12.0. The van der Waals surface area contributed by atoms with Gasteiger partial charge in [-0.1, -0.05) is 34.6 Å². The van der Waals surface area contributed by atoms with E-state index in [-0.39, 0.29) is 23.6 Å². The third-order valence-corrected chi connectivity index (χ3v) is 3.36. The molecule has 0 fully saturated rings. The van der Waals surface area contributed by atoms with Crippen molar-refractivity contribution in [1.82, 2.24) is 5.32 Å². The van der Waals surface area contributed by atoms with Crippen LogP contribution < -0.4 is 5.32 Å². The van der Waals surface area contributed by atoms with Crippen LogP contribution in [0.1, 0.15) is 57.7 Å². The Labute approximate surface area is 129 Å². The van der Waals surface area contributed by atoms with Gasteiger partial charge in [-0.05, 0) is 49.1 Å². The van der Waals surface area contributed by atoms with Gasteiger partial charge in [-0.2, -0.15) is 0 Å². The zero-order valence-electron chi connectivity index (χ0n) is 14.6. The monoisotopic (exact) mass is 293 g/mol. The maximum absolute atomic E-state index is 12.0. The summed E-state index contributed by atoms with van der Waals surface area (Å²) in [6.45, 7) is 13.9. The van der Waals surface area contributed by atoms with Crippen molar-refractivity contribution in [3.63, 3.8) is 0 Å². The van der Waals surface area contributed by atoms with Gasteiger partial charge in [0.15, 0.2) is 0 Å². The Balaban J connectivity index is 0.00000191. The van der Waals surface area contributed by atoms with Crippen LogP contribution >= 0.6 is 0 Å². The van der Waals surface area contributed by atoms with Crippen molar-refractivity contribution in [3.8, 4) is 5.75 Å². The third kappa shape index (κ3) is 6.30. The van der Waals surface area contributed by atoms with Gasteiger partial charge in [-0.25, -0.2) is 0 Å². The van der Waals surface area contributed by atoms with Gasteiger partial charge in [-0.15, -0.1) is 0 Å². The second-order valence-corrected chi connectivity index (χ2v) is 5.46.